The third-order valence-electron chi connectivity index (χ3n) is 8.91. The quantitative estimate of drug-likeness (QED) is 0.151. The van der Waals surface area contributed by atoms with E-state index in [1.807, 2.05) is 26.0 Å². The molecule has 0 amide bonds. The first kappa shape index (κ1) is 33.1. The normalized spacial score (nSPS) is 11.5. The van der Waals surface area contributed by atoms with Gasteiger partial charge in [0.15, 0.2) is 0 Å². The zero-order valence-electron chi connectivity index (χ0n) is 29.2. The Balaban J connectivity index is 0.00000205. The van der Waals surface area contributed by atoms with E-state index in [-0.39, 0.29) is 0 Å². The molecule has 2 heteroatoms. The fourth-order valence-corrected chi connectivity index (χ4v) is 6.50. The van der Waals surface area contributed by atoms with Crippen LogP contribution in [0.4, 0.5) is 17.1 Å². The Kier molecular flexibility index (Phi) is 10.1. The molecule has 7 aromatic rings. The number of anilines is 3. The molecule has 0 fully saturated rings. The fourth-order valence-electron chi connectivity index (χ4n) is 6.50. The van der Waals surface area contributed by atoms with Crippen molar-refractivity contribution >= 4 is 44.6 Å². The number of fused-ring (bicyclic) bond motifs is 3. The molecule has 0 aliphatic heterocycles. The summed E-state index contributed by atoms with van der Waals surface area (Å²) in [6, 6.07) is 50.6. The van der Waals surface area contributed by atoms with Gasteiger partial charge in [-0.15, -0.1) is 0 Å². The van der Waals surface area contributed by atoms with E-state index in [0.717, 1.165) is 17.1 Å². The van der Waals surface area contributed by atoms with Crippen molar-refractivity contribution in [3.63, 3.8) is 0 Å². The van der Waals surface area contributed by atoms with Crippen LogP contribution in [-0.4, -0.2) is 4.57 Å². The minimum Gasteiger partial charge on any atom is -0.313 e. The number of nitrogens with zero attached hydrogens (tertiary/aromatic N) is 2. The number of rotatable bonds is 8. The number of benzene rings is 6. The molecule has 0 atom stereocenters. The molecule has 49 heavy (non-hydrogen) atoms. The van der Waals surface area contributed by atoms with Crippen LogP contribution in [0.3, 0.4) is 0 Å². The highest BCUT2D eigenvalue weighted by molar-refractivity contribution is 6.11. The number of allylic oxidation sites excluding steroid dienone is 5. The summed E-state index contributed by atoms with van der Waals surface area (Å²) in [6.45, 7) is 14.3. The average Bonchev–Trinajstić information content (AvgIpc) is 3.49. The van der Waals surface area contributed by atoms with Crippen LogP contribution in [-0.2, 0) is 0 Å². The largest absolute Gasteiger partial charge is 0.313 e. The zero-order valence-corrected chi connectivity index (χ0v) is 29.2. The zero-order chi connectivity index (χ0) is 34.3. The minimum atomic E-state index is 1.13. The van der Waals surface area contributed by atoms with Crippen molar-refractivity contribution < 1.29 is 0 Å². The Morgan fingerprint density at radius 2 is 1.14 bits per heavy atom. The third kappa shape index (κ3) is 6.77. The Morgan fingerprint density at radius 1 is 0.571 bits per heavy atom. The molecule has 6 aromatic carbocycles. The van der Waals surface area contributed by atoms with Crippen molar-refractivity contribution in [2.45, 2.75) is 34.6 Å². The van der Waals surface area contributed by atoms with Gasteiger partial charge in [0.05, 0.1) is 11.0 Å². The predicted molar refractivity (Wildman–Crippen MR) is 215 cm³/mol. The minimum absolute atomic E-state index is 1.13. The molecule has 0 bridgehead atoms. The first-order valence-corrected chi connectivity index (χ1v) is 17.1. The Morgan fingerprint density at radius 3 is 1.82 bits per heavy atom. The summed E-state index contributed by atoms with van der Waals surface area (Å²) < 4.78 is 2.34. The molecule has 1 aromatic heterocycles. The van der Waals surface area contributed by atoms with Crippen molar-refractivity contribution in [1.29, 1.82) is 0 Å². The standard InChI is InChI=1S/C45H38N2.C2H6/c1-5-6-8-13-34(4)46-43-17-12-11-16-41(43)42-31-38(24-29-44(42)46)37-22-27-40(28-23-37)47(45-30-32(2)18-19-33(45)3)39-25-20-36(21-26-39)35-14-9-7-10-15-35;1-2/h5-31H,1H2,2-4H3;1-2H3/b8-6-,34-13+;. The van der Waals surface area contributed by atoms with Crippen LogP contribution >= 0.6 is 0 Å². The lowest BCUT2D eigenvalue weighted by Crippen LogP contribution is -2.11. The van der Waals surface area contributed by atoms with E-state index < -0.39 is 0 Å². The summed E-state index contributed by atoms with van der Waals surface area (Å²) in [4.78, 5) is 2.37. The predicted octanol–water partition coefficient (Wildman–Crippen LogP) is 13.8. The molecular weight excluding hydrogens is 593 g/mol. The molecule has 7 rings (SSSR count). The van der Waals surface area contributed by atoms with E-state index >= 15 is 0 Å². The molecule has 0 radical (unpaired) electrons. The first-order valence-electron chi connectivity index (χ1n) is 17.1. The van der Waals surface area contributed by atoms with Crippen molar-refractivity contribution in [2.75, 3.05) is 4.90 Å². The smallest absolute Gasteiger partial charge is 0.0538 e. The van der Waals surface area contributed by atoms with Crippen LogP contribution in [0.5, 0.6) is 0 Å². The molecule has 0 aliphatic rings. The highest BCUT2D eigenvalue weighted by Crippen LogP contribution is 2.40. The molecule has 2 nitrogen and oxygen atoms in total. The first-order chi connectivity index (χ1) is 24.0. The van der Waals surface area contributed by atoms with Gasteiger partial charge in [-0.3, -0.25) is 0 Å². The lowest BCUT2D eigenvalue weighted by atomic mass is 10.0. The van der Waals surface area contributed by atoms with Crippen molar-refractivity contribution in [1.82, 2.24) is 4.57 Å². The topological polar surface area (TPSA) is 8.17 Å². The van der Waals surface area contributed by atoms with Gasteiger partial charge in [0, 0.05) is 33.5 Å². The van der Waals surface area contributed by atoms with Crippen LogP contribution in [0.1, 0.15) is 31.9 Å². The molecule has 0 N–H and O–H groups in total. The molecular formula is C47H44N2. The summed E-state index contributed by atoms with van der Waals surface area (Å²) in [5, 5.41) is 2.50. The number of hydrogen-bond donors (Lipinski definition) is 0. The van der Waals surface area contributed by atoms with Crippen molar-refractivity contribution in [2.24, 2.45) is 0 Å². The maximum absolute atomic E-state index is 3.80. The fraction of sp³-hybridized carbons (Fsp3) is 0.106. The molecule has 0 spiro atoms. The van der Waals surface area contributed by atoms with Gasteiger partial charge in [-0.25, -0.2) is 0 Å². The van der Waals surface area contributed by atoms with Gasteiger partial charge in [0.2, 0.25) is 0 Å². The van der Waals surface area contributed by atoms with Gasteiger partial charge in [-0.1, -0.05) is 130 Å². The van der Waals surface area contributed by atoms with E-state index in [0.29, 0.717) is 0 Å². The number of aromatic nitrogens is 1. The maximum atomic E-state index is 3.80. The van der Waals surface area contributed by atoms with Gasteiger partial charge in [0.1, 0.15) is 0 Å². The molecule has 1 heterocycles. The van der Waals surface area contributed by atoms with Crippen molar-refractivity contribution in [3.8, 4) is 22.3 Å². The summed E-state index contributed by atoms with van der Waals surface area (Å²) in [5.41, 5.74) is 14.3. The average molecular weight is 637 g/mol. The molecule has 242 valence electrons. The SMILES string of the molecule is C=C/C=C\C=C(/C)n1c2ccccc2c2cc(-c3ccc(N(c4ccc(-c5ccccc5)cc4)c4cc(C)ccc4C)cc3)ccc21.CC. The maximum Gasteiger partial charge on any atom is 0.0538 e. The van der Waals surface area contributed by atoms with Gasteiger partial charge in [-0.2, -0.15) is 0 Å². The molecule has 0 aliphatic carbocycles. The second-order valence-electron chi connectivity index (χ2n) is 12.1. The monoisotopic (exact) mass is 636 g/mol. The van der Waals surface area contributed by atoms with Crippen LogP contribution in [0.25, 0.3) is 49.8 Å². The van der Waals surface area contributed by atoms with E-state index in [4.69, 9.17) is 0 Å². The lowest BCUT2D eigenvalue weighted by Gasteiger charge is -2.28. The van der Waals surface area contributed by atoms with Gasteiger partial charge in [0.25, 0.3) is 0 Å². The highest BCUT2D eigenvalue weighted by Gasteiger charge is 2.17. The number of hydrogen-bond acceptors (Lipinski definition) is 1. The Bertz CT molecular complexity index is 2260. The Labute approximate surface area is 291 Å². The number of para-hydroxylation sites is 1. The number of aryl methyl sites for hydroxylation is 2. The second-order valence-corrected chi connectivity index (χ2v) is 12.1. The lowest BCUT2D eigenvalue weighted by molar-refractivity contribution is 1.20. The Hall–Kier alpha value is -5.86. The van der Waals surface area contributed by atoms with Gasteiger partial charge in [-0.05, 0) is 109 Å². The van der Waals surface area contributed by atoms with Crippen molar-refractivity contribution in [3.05, 3.63) is 182 Å². The summed E-state index contributed by atoms with van der Waals surface area (Å²) in [5.74, 6) is 0. The van der Waals surface area contributed by atoms with E-state index in [1.165, 1.54) is 60.9 Å². The second kappa shape index (κ2) is 14.9. The van der Waals surface area contributed by atoms with E-state index in [2.05, 4.69) is 182 Å². The molecule has 0 unspecified atom stereocenters. The summed E-state index contributed by atoms with van der Waals surface area (Å²) in [6.07, 6.45) is 7.94. The molecule has 0 saturated carbocycles. The van der Waals surface area contributed by atoms with Crippen LogP contribution in [0.2, 0.25) is 0 Å². The van der Waals surface area contributed by atoms with Crippen LogP contribution in [0.15, 0.2) is 170 Å². The third-order valence-corrected chi connectivity index (χ3v) is 8.91. The van der Waals surface area contributed by atoms with Gasteiger partial charge < -0.3 is 9.47 Å². The summed E-state index contributed by atoms with van der Waals surface area (Å²) in [7, 11) is 0. The van der Waals surface area contributed by atoms with Crippen LogP contribution in [0, 0.1) is 13.8 Å². The van der Waals surface area contributed by atoms with E-state index in [9.17, 15) is 0 Å². The van der Waals surface area contributed by atoms with E-state index in [1.54, 1.807) is 6.08 Å². The summed E-state index contributed by atoms with van der Waals surface area (Å²) >= 11 is 0. The van der Waals surface area contributed by atoms with Gasteiger partial charge >= 0.3 is 0 Å². The molecule has 0 saturated heterocycles. The van der Waals surface area contributed by atoms with Crippen LogP contribution < -0.4 is 4.90 Å². The highest BCUT2D eigenvalue weighted by atomic mass is 15.1.